The van der Waals surface area contributed by atoms with Crippen molar-refractivity contribution in [1.29, 1.82) is 5.26 Å². The van der Waals surface area contributed by atoms with E-state index in [9.17, 15) is 23.5 Å². The largest absolute Gasteiger partial charge is 0.474 e. The molecule has 4 aromatic rings. The molecule has 15 heteroatoms. The zero-order chi connectivity index (χ0) is 34.1. The number of alkyl halides is 3. The third-order valence-electron chi connectivity index (χ3n) is 9.31. The van der Waals surface area contributed by atoms with Crippen LogP contribution in [0.1, 0.15) is 43.4 Å². The van der Waals surface area contributed by atoms with E-state index >= 15 is 0 Å². The Morgan fingerprint density at radius 1 is 1.12 bits per heavy atom. The minimum atomic E-state index is -4.63. The van der Waals surface area contributed by atoms with Gasteiger partial charge in [-0.25, -0.2) is 15.0 Å². The number of ether oxygens (including phenoxy) is 2. The first kappa shape index (κ1) is 34.0. The van der Waals surface area contributed by atoms with Crippen LogP contribution in [0.25, 0.3) is 22.3 Å². The third-order valence-corrected chi connectivity index (χ3v) is 11.0. The van der Waals surface area contributed by atoms with Crippen LogP contribution in [0.2, 0.25) is 25.7 Å². The first-order valence-corrected chi connectivity index (χ1v) is 20.0. The lowest BCUT2D eigenvalue weighted by Crippen LogP contribution is -2.65. The highest BCUT2D eigenvalue weighted by atomic mass is 28.3. The van der Waals surface area contributed by atoms with Crippen molar-refractivity contribution in [2.45, 2.75) is 95.0 Å². The first-order chi connectivity index (χ1) is 22.9. The number of likely N-dealkylation sites (tertiary alicyclic amines) is 1. The van der Waals surface area contributed by atoms with Crippen molar-refractivity contribution in [3.05, 3.63) is 54.4 Å². The molecule has 2 fully saturated rings. The molecule has 0 amide bonds. The maximum atomic E-state index is 13.3. The molecule has 0 spiro atoms. The van der Waals surface area contributed by atoms with Crippen molar-refractivity contribution in [3.8, 4) is 23.2 Å². The summed E-state index contributed by atoms with van der Waals surface area (Å²) in [6.07, 6.45) is 5.63. The van der Waals surface area contributed by atoms with Crippen LogP contribution in [-0.4, -0.2) is 79.2 Å². The van der Waals surface area contributed by atoms with Crippen LogP contribution in [0.5, 0.6) is 5.88 Å². The lowest BCUT2D eigenvalue weighted by atomic mass is 9.82. The van der Waals surface area contributed by atoms with Gasteiger partial charge in [-0.3, -0.25) is 9.58 Å². The van der Waals surface area contributed by atoms with Gasteiger partial charge in [0.1, 0.15) is 36.0 Å². The molecule has 1 saturated carbocycles. The van der Waals surface area contributed by atoms with Crippen LogP contribution < -0.4 is 4.74 Å². The minimum absolute atomic E-state index is 0.109. The molecule has 5 heterocycles. The lowest BCUT2D eigenvalue weighted by Gasteiger charge is -2.53. The molecule has 6 rings (SSSR count). The van der Waals surface area contributed by atoms with E-state index in [0.29, 0.717) is 39.1 Å². The Hall–Kier alpha value is -3.84. The third kappa shape index (κ3) is 7.41. The number of pyridine rings is 1. The van der Waals surface area contributed by atoms with Crippen LogP contribution in [0.4, 0.5) is 13.2 Å². The average Bonchev–Trinajstić information content (AvgIpc) is 3.68. The van der Waals surface area contributed by atoms with Crippen LogP contribution in [0, 0.1) is 11.3 Å². The minimum Gasteiger partial charge on any atom is -0.474 e. The second kappa shape index (κ2) is 13.6. The average molecular weight is 683 g/mol. The highest BCUT2D eigenvalue weighted by Crippen LogP contribution is 2.39. The molecule has 11 nitrogen and oxygen atoms in total. The molecule has 1 aliphatic heterocycles. The van der Waals surface area contributed by atoms with Crippen LogP contribution in [0.3, 0.4) is 0 Å². The summed E-state index contributed by atoms with van der Waals surface area (Å²) in [4.78, 5) is 15.1. The van der Waals surface area contributed by atoms with Gasteiger partial charge in [0.15, 0.2) is 0 Å². The number of rotatable bonds is 12. The summed E-state index contributed by atoms with van der Waals surface area (Å²) in [5.74, 6) is -0.118. The molecule has 256 valence electrons. The number of hydrogen-bond donors (Lipinski definition) is 1. The molecular formula is C33H41F3N8O3Si. The smallest absolute Gasteiger partial charge is 0.433 e. The first-order valence-electron chi connectivity index (χ1n) is 16.3. The van der Waals surface area contributed by atoms with E-state index in [-0.39, 0.29) is 23.6 Å². The zero-order valence-electron chi connectivity index (χ0n) is 27.4. The Labute approximate surface area is 278 Å². The molecule has 4 aromatic heterocycles. The quantitative estimate of drug-likeness (QED) is 0.145. The molecule has 1 N–H and O–H groups in total. The van der Waals surface area contributed by atoms with Gasteiger partial charge in [-0.1, -0.05) is 19.6 Å². The summed E-state index contributed by atoms with van der Waals surface area (Å²) in [5, 5.41) is 24.8. The normalized spacial score (nSPS) is 20.0. The predicted octanol–water partition coefficient (Wildman–Crippen LogP) is 5.83. The van der Waals surface area contributed by atoms with Gasteiger partial charge in [-0.05, 0) is 49.4 Å². The molecule has 0 aromatic carbocycles. The second-order valence-electron chi connectivity index (χ2n) is 14.1. The van der Waals surface area contributed by atoms with E-state index in [1.165, 1.54) is 6.07 Å². The summed E-state index contributed by atoms with van der Waals surface area (Å²) >= 11 is 0. The standard InChI is InChI=1S/C33H41F3N8O3Si/c1-48(2,3)13-12-46-22-42-11-8-27-30(38-21-39-31(27)42)24-16-40-44(17-24)32(9-10-37)19-43(20-32)25-4-6-26(7-5-25)47-29-15-23(18-45)14-28(41-29)33(34,35)36/h8,11,14-17,21,25-26,45H,4-7,9,12-13,18-20,22H2,1-3H3/t25-,26+. The fraction of sp³-hybridized carbons (Fsp3) is 0.545. The maximum absolute atomic E-state index is 13.3. The van der Waals surface area contributed by atoms with Gasteiger partial charge in [0.2, 0.25) is 5.88 Å². The molecule has 0 bridgehead atoms. The van der Waals surface area contributed by atoms with Gasteiger partial charge in [-0.2, -0.15) is 23.5 Å². The number of hydrogen-bond acceptors (Lipinski definition) is 9. The molecule has 48 heavy (non-hydrogen) atoms. The number of fused-ring (bicyclic) bond motifs is 1. The summed E-state index contributed by atoms with van der Waals surface area (Å²) in [6, 6.07) is 7.90. The van der Waals surface area contributed by atoms with E-state index in [1.54, 1.807) is 12.5 Å². The molecule has 0 atom stereocenters. The van der Waals surface area contributed by atoms with Gasteiger partial charge < -0.3 is 19.1 Å². The van der Waals surface area contributed by atoms with Gasteiger partial charge in [0.25, 0.3) is 0 Å². The molecule has 0 radical (unpaired) electrons. The highest BCUT2D eigenvalue weighted by molar-refractivity contribution is 6.76. The number of nitriles is 1. The van der Waals surface area contributed by atoms with Crippen molar-refractivity contribution in [3.63, 3.8) is 0 Å². The molecule has 1 aliphatic carbocycles. The molecular weight excluding hydrogens is 641 g/mol. The van der Waals surface area contributed by atoms with E-state index in [2.05, 4.69) is 45.6 Å². The summed E-state index contributed by atoms with van der Waals surface area (Å²) in [5.41, 5.74) is 0.980. The van der Waals surface area contributed by atoms with Gasteiger partial charge in [-0.15, -0.1) is 0 Å². The van der Waals surface area contributed by atoms with Crippen molar-refractivity contribution >= 4 is 19.1 Å². The SMILES string of the molecule is C[Si](C)(C)CCOCn1ccc2c(-c3cnn(C4(CC#N)CN([C@H]5CC[C@@H](Oc6cc(CO)cc(C(F)(F)F)n6)CC5)C4)c3)ncnc21. The van der Waals surface area contributed by atoms with Crippen molar-refractivity contribution < 1.29 is 27.8 Å². The highest BCUT2D eigenvalue weighted by Gasteiger charge is 2.48. The van der Waals surface area contributed by atoms with Crippen LogP contribution >= 0.6 is 0 Å². The van der Waals surface area contributed by atoms with E-state index in [0.717, 1.165) is 53.8 Å². The molecule has 2 aliphatic rings. The van der Waals surface area contributed by atoms with Gasteiger partial charge in [0, 0.05) is 63.2 Å². The Morgan fingerprint density at radius 2 is 1.90 bits per heavy atom. The lowest BCUT2D eigenvalue weighted by molar-refractivity contribution is -0.141. The van der Waals surface area contributed by atoms with Gasteiger partial charge >= 0.3 is 6.18 Å². The Kier molecular flexibility index (Phi) is 9.63. The number of halogens is 3. The zero-order valence-corrected chi connectivity index (χ0v) is 28.4. The number of aliphatic hydroxyl groups is 1. The van der Waals surface area contributed by atoms with Crippen LogP contribution in [0.15, 0.2) is 43.1 Å². The Morgan fingerprint density at radius 3 is 2.58 bits per heavy atom. The Balaban J connectivity index is 1.08. The predicted molar refractivity (Wildman–Crippen MR) is 174 cm³/mol. The molecule has 1 saturated heterocycles. The van der Waals surface area contributed by atoms with Crippen molar-refractivity contribution in [1.82, 2.24) is 34.2 Å². The number of nitrogens with zero attached hydrogens (tertiary/aromatic N) is 8. The fourth-order valence-electron chi connectivity index (χ4n) is 6.59. The summed E-state index contributed by atoms with van der Waals surface area (Å²) in [6.45, 7) is 8.92. The maximum Gasteiger partial charge on any atom is 0.433 e. The molecule has 0 unspecified atom stereocenters. The van der Waals surface area contributed by atoms with E-state index < -0.39 is 32.1 Å². The van der Waals surface area contributed by atoms with E-state index in [1.807, 2.05) is 27.7 Å². The van der Waals surface area contributed by atoms with E-state index in [4.69, 9.17) is 14.6 Å². The van der Waals surface area contributed by atoms with Crippen molar-refractivity contribution in [2.24, 2.45) is 0 Å². The summed E-state index contributed by atoms with van der Waals surface area (Å²) in [7, 11) is -1.18. The van der Waals surface area contributed by atoms with Gasteiger partial charge in [0.05, 0.1) is 31.0 Å². The van der Waals surface area contributed by atoms with Crippen molar-refractivity contribution in [2.75, 3.05) is 19.7 Å². The Bertz CT molecular complexity index is 1770. The number of aromatic nitrogens is 6. The topological polar surface area (TPSA) is 127 Å². The number of aliphatic hydroxyl groups excluding tert-OH is 1. The summed E-state index contributed by atoms with van der Waals surface area (Å²) < 4.78 is 55.5. The second-order valence-corrected chi connectivity index (χ2v) is 19.8. The monoisotopic (exact) mass is 682 g/mol. The fourth-order valence-corrected chi connectivity index (χ4v) is 7.35. The van der Waals surface area contributed by atoms with Crippen LogP contribution in [-0.2, 0) is 29.8 Å².